The van der Waals surface area contributed by atoms with E-state index in [-0.39, 0.29) is 40.9 Å². The van der Waals surface area contributed by atoms with Crippen molar-refractivity contribution in [3.8, 4) is 0 Å². The SMILES string of the molecule is CC(C)c1nc2cc(NC(=O)C3CCN(S(=O)(=O)c4cccnc4Cl)CC3)ccc2o1. The van der Waals surface area contributed by atoms with Crippen molar-refractivity contribution < 1.29 is 17.6 Å². The Morgan fingerprint density at radius 2 is 2.00 bits per heavy atom. The minimum atomic E-state index is -3.74. The molecule has 0 saturated carbocycles. The number of benzene rings is 1. The molecule has 10 heteroatoms. The summed E-state index contributed by atoms with van der Waals surface area (Å²) in [7, 11) is -3.74. The Bertz CT molecular complexity index is 1220. The number of sulfonamides is 1. The Labute approximate surface area is 185 Å². The second-order valence-corrected chi connectivity index (χ2v) is 10.1. The molecule has 164 valence electrons. The molecule has 3 heterocycles. The monoisotopic (exact) mass is 462 g/mol. The van der Waals surface area contributed by atoms with Gasteiger partial charge in [0.1, 0.15) is 15.6 Å². The number of anilines is 1. The fourth-order valence-corrected chi connectivity index (χ4v) is 5.47. The Balaban J connectivity index is 1.40. The minimum Gasteiger partial charge on any atom is -0.440 e. The summed E-state index contributed by atoms with van der Waals surface area (Å²) < 4.78 is 32.7. The van der Waals surface area contributed by atoms with Crippen molar-refractivity contribution in [2.24, 2.45) is 5.92 Å². The smallest absolute Gasteiger partial charge is 0.246 e. The summed E-state index contributed by atoms with van der Waals surface area (Å²) in [5.74, 6) is 0.410. The van der Waals surface area contributed by atoms with Crippen molar-refractivity contribution in [2.75, 3.05) is 18.4 Å². The summed E-state index contributed by atoms with van der Waals surface area (Å²) in [6.45, 7) is 4.49. The molecule has 1 fully saturated rings. The molecule has 4 rings (SSSR count). The van der Waals surface area contributed by atoms with Crippen LogP contribution in [0.2, 0.25) is 5.15 Å². The zero-order valence-electron chi connectivity index (χ0n) is 17.2. The summed E-state index contributed by atoms with van der Waals surface area (Å²) in [5, 5.41) is 2.87. The van der Waals surface area contributed by atoms with Crippen LogP contribution in [0.25, 0.3) is 11.1 Å². The van der Waals surface area contributed by atoms with E-state index in [1.54, 1.807) is 18.2 Å². The largest absolute Gasteiger partial charge is 0.440 e. The van der Waals surface area contributed by atoms with Gasteiger partial charge in [-0.15, -0.1) is 0 Å². The first-order valence-corrected chi connectivity index (χ1v) is 11.9. The second-order valence-electron chi connectivity index (χ2n) is 7.85. The van der Waals surface area contributed by atoms with Gasteiger partial charge in [-0.3, -0.25) is 4.79 Å². The summed E-state index contributed by atoms with van der Waals surface area (Å²) >= 11 is 5.96. The van der Waals surface area contributed by atoms with Crippen LogP contribution in [0, 0.1) is 5.92 Å². The van der Waals surface area contributed by atoms with E-state index in [1.807, 2.05) is 13.8 Å². The lowest BCUT2D eigenvalue weighted by molar-refractivity contribution is -0.120. The van der Waals surface area contributed by atoms with Crippen molar-refractivity contribution in [1.82, 2.24) is 14.3 Å². The van der Waals surface area contributed by atoms with Gasteiger partial charge in [0.15, 0.2) is 11.5 Å². The number of carbonyl (C=O) groups excluding carboxylic acids is 1. The number of fused-ring (bicyclic) bond motifs is 1. The molecule has 1 N–H and O–H groups in total. The number of nitrogens with zero attached hydrogens (tertiary/aromatic N) is 3. The minimum absolute atomic E-state index is 0.0127. The molecule has 0 unspecified atom stereocenters. The van der Waals surface area contributed by atoms with Gasteiger partial charge in [-0.2, -0.15) is 4.31 Å². The van der Waals surface area contributed by atoms with E-state index in [4.69, 9.17) is 16.0 Å². The second kappa shape index (κ2) is 8.57. The van der Waals surface area contributed by atoms with E-state index >= 15 is 0 Å². The average molecular weight is 463 g/mol. The number of rotatable bonds is 5. The molecule has 1 amide bonds. The summed E-state index contributed by atoms with van der Waals surface area (Å²) in [4.78, 5) is 21.0. The first kappa shape index (κ1) is 21.7. The Morgan fingerprint density at radius 1 is 1.26 bits per heavy atom. The predicted molar refractivity (Wildman–Crippen MR) is 117 cm³/mol. The first-order chi connectivity index (χ1) is 14.8. The number of oxazole rings is 1. The molecule has 31 heavy (non-hydrogen) atoms. The zero-order chi connectivity index (χ0) is 22.2. The van der Waals surface area contributed by atoms with Crippen LogP contribution in [0.4, 0.5) is 5.69 Å². The van der Waals surface area contributed by atoms with Gasteiger partial charge in [0.25, 0.3) is 0 Å². The molecule has 0 aliphatic carbocycles. The van der Waals surface area contributed by atoms with Crippen molar-refractivity contribution in [3.05, 3.63) is 47.6 Å². The average Bonchev–Trinajstić information content (AvgIpc) is 3.18. The molecule has 1 aromatic carbocycles. The van der Waals surface area contributed by atoms with Gasteiger partial charge >= 0.3 is 0 Å². The molecule has 1 aliphatic heterocycles. The van der Waals surface area contributed by atoms with Crippen LogP contribution in [0.1, 0.15) is 38.5 Å². The molecular formula is C21H23ClN4O4S. The standard InChI is InChI=1S/C21H23ClN4O4S/c1-13(2)21-25-16-12-15(5-6-17(16)30-21)24-20(27)14-7-10-26(11-8-14)31(28,29)18-4-3-9-23-19(18)22/h3-6,9,12-14H,7-8,10-11H2,1-2H3,(H,24,27). The lowest BCUT2D eigenvalue weighted by atomic mass is 9.97. The first-order valence-electron chi connectivity index (χ1n) is 10.1. The van der Waals surface area contributed by atoms with Crippen LogP contribution >= 0.6 is 11.6 Å². The van der Waals surface area contributed by atoms with Gasteiger partial charge in [-0.05, 0) is 43.2 Å². The Hall–Kier alpha value is -2.49. The number of piperidine rings is 1. The third kappa shape index (κ3) is 4.44. The van der Waals surface area contributed by atoms with E-state index in [0.717, 1.165) is 0 Å². The van der Waals surface area contributed by atoms with Crippen LogP contribution in [-0.4, -0.2) is 41.7 Å². The number of pyridine rings is 1. The molecule has 0 spiro atoms. The zero-order valence-corrected chi connectivity index (χ0v) is 18.8. The van der Waals surface area contributed by atoms with Crippen LogP contribution in [-0.2, 0) is 14.8 Å². The third-order valence-electron chi connectivity index (χ3n) is 5.33. The van der Waals surface area contributed by atoms with E-state index in [9.17, 15) is 13.2 Å². The van der Waals surface area contributed by atoms with Crippen molar-refractivity contribution in [2.45, 2.75) is 37.5 Å². The molecular weight excluding hydrogens is 440 g/mol. The molecule has 1 saturated heterocycles. The summed E-state index contributed by atoms with van der Waals surface area (Å²) in [6, 6.07) is 8.33. The highest BCUT2D eigenvalue weighted by Crippen LogP contribution is 2.28. The van der Waals surface area contributed by atoms with Crippen molar-refractivity contribution >= 4 is 44.3 Å². The van der Waals surface area contributed by atoms with Crippen LogP contribution in [0.5, 0.6) is 0 Å². The number of aromatic nitrogens is 2. The topological polar surface area (TPSA) is 105 Å². The van der Waals surface area contributed by atoms with E-state index < -0.39 is 10.0 Å². The fourth-order valence-electron chi connectivity index (χ4n) is 3.58. The maximum absolute atomic E-state index is 12.8. The predicted octanol–water partition coefficient (Wildman–Crippen LogP) is 4.04. The van der Waals surface area contributed by atoms with E-state index in [1.165, 1.54) is 22.6 Å². The molecule has 0 bridgehead atoms. The lowest BCUT2D eigenvalue weighted by Crippen LogP contribution is -2.41. The molecule has 8 nitrogen and oxygen atoms in total. The highest BCUT2D eigenvalue weighted by molar-refractivity contribution is 7.89. The van der Waals surface area contributed by atoms with Gasteiger partial charge in [0.05, 0.1) is 0 Å². The van der Waals surface area contributed by atoms with Crippen LogP contribution in [0.3, 0.4) is 0 Å². The quantitative estimate of drug-likeness (QED) is 0.573. The van der Waals surface area contributed by atoms with Crippen molar-refractivity contribution in [1.29, 1.82) is 0 Å². The van der Waals surface area contributed by atoms with Gasteiger partial charge in [0, 0.05) is 36.8 Å². The van der Waals surface area contributed by atoms with Gasteiger partial charge in [0.2, 0.25) is 15.9 Å². The molecule has 1 aliphatic rings. The van der Waals surface area contributed by atoms with Crippen molar-refractivity contribution in [3.63, 3.8) is 0 Å². The number of nitrogens with one attached hydrogen (secondary N) is 1. The van der Waals surface area contributed by atoms with E-state index in [0.29, 0.717) is 35.5 Å². The van der Waals surface area contributed by atoms with Gasteiger partial charge < -0.3 is 9.73 Å². The highest BCUT2D eigenvalue weighted by Gasteiger charge is 2.33. The summed E-state index contributed by atoms with van der Waals surface area (Å²) in [5.41, 5.74) is 2.00. The normalized spacial score (nSPS) is 16.1. The third-order valence-corrected chi connectivity index (χ3v) is 7.68. The maximum atomic E-state index is 12.8. The number of hydrogen-bond donors (Lipinski definition) is 1. The molecule has 3 aromatic rings. The summed E-state index contributed by atoms with van der Waals surface area (Å²) in [6.07, 6.45) is 2.29. The Morgan fingerprint density at radius 3 is 2.68 bits per heavy atom. The highest BCUT2D eigenvalue weighted by atomic mass is 35.5. The van der Waals surface area contributed by atoms with Gasteiger partial charge in [-0.25, -0.2) is 18.4 Å². The lowest BCUT2D eigenvalue weighted by Gasteiger charge is -2.30. The number of carbonyl (C=O) groups is 1. The number of halogens is 1. The maximum Gasteiger partial charge on any atom is 0.246 e. The molecule has 0 atom stereocenters. The van der Waals surface area contributed by atoms with Crippen LogP contribution in [0.15, 0.2) is 45.8 Å². The fraction of sp³-hybridized carbons (Fsp3) is 0.381. The van der Waals surface area contributed by atoms with E-state index in [2.05, 4.69) is 15.3 Å². The molecule has 0 radical (unpaired) electrons. The number of amides is 1. The Kier molecular flexibility index (Phi) is 6.00. The molecule has 2 aromatic heterocycles. The number of hydrogen-bond acceptors (Lipinski definition) is 6. The van der Waals surface area contributed by atoms with Gasteiger partial charge in [-0.1, -0.05) is 25.4 Å². The van der Waals surface area contributed by atoms with Crippen LogP contribution < -0.4 is 5.32 Å².